The minimum Gasteiger partial charge on any atom is -0.505 e. The van der Waals surface area contributed by atoms with Crippen LogP contribution < -0.4 is 0 Å². The number of halogens is 2. The lowest BCUT2D eigenvalue weighted by Crippen LogP contribution is -2.00. The van der Waals surface area contributed by atoms with Crippen LogP contribution in [0, 0.1) is 13.8 Å². The summed E-state index contributed by atoms with van der Waals surface area (Å²) in [6.45, 7) is 3.76. The summed E-state index contributed by atoms with van der Waals surface area (Å²) in [6, 6.07) is 43.1. The van der Waals surface area contributed by atoms with E-state index in [0.717, 1.165) is 22.3 Å². The van der Waals surface area contributed by atoms with Crippen molar-refractivity contribution in [1.82, 2.24) is 0 Å². The molecule has 0 aliphatic carbocycles. The predicted octanol–water partition coefficient (Wildman–Crippen LogP) is 15.1. The van der Waals surface area contributed by atoms with Crippen molar-refractivity contribution in [2.24, 2.45) is 30.4 Å². The lowest BCUT2D eigenvalue weighted by Gasteiger charge is -2.10. The number of benzene rings is 8. The van der Waals surface area contributed by atoms with Crippen LogP contribution in [0.3, 0.4) is 0 Å². The largest absolute Gasteiger partial charge is 0.505 e. The van der Waals surface area contributed by atoms with Crippen LogP contribution in [0.2, 0.25) is 10.0 Å². The average molecular weight is 830 g/mol. The van der Waals surface area contributed by atoms with E-state index in [1.54, 1.807) is 60.7 Å². The summed E-state index contributed by atoms with van der Waals surface area (Å²) < 4.78 is 0. The van der Waals surface area contributed by atoms with Crippen LogP contribution in [0.25, 0.3) is 32.7 Å². The second kappa shape index (κ2) is 16.8. The highest BCUT2D eigenvalue weighted by Gasteiger charge is 2.19. The molecule has 8 aromatic rings. The lowest BCUT2D eigenvalue weighted by atomic mass is 10.0. The quantitative estimate of drug-likeness (QED) is 0.0649. The molecule has 0 radical (unpaired) electrons. The van der Waals surface area contributed by atoms with E-state index in [9.17, 15) is 20.4 Å². The van der Waals surface area contributed by atoms with Crippen LogP contribution in [0.5, 0.6) is 11.5 Å². The first-order valence-corrected chi connectivity index (χ1v) is 19.4. The Morgan fingerprint density at radius 2 is 0.817 bits per heavy atom. The number of aryl methyl sites for hydroxylation is 2. The van der Waals surface area contributed by atoms with Crippen LogP contribution >= 0.6 is 23.2 Å². The highest BCUT2D eigenvalue weighted by atomic mass is 35.5. The molecule has 0 aliphatic rings. The number of phenols is 2. The van der Waals surface area contributed by atoms with Gasteiger partial charge >= 0.3 is 0 Å². The number of para-hydroxylation sites is 2. The Morgan fingerprint density at radius 1 is 0.433 bits per heavy atom. The second-order valence-corrected chi connectivity index (χ2v) is 14.7. The smallest absolute Gasteiger partial charge is 0.222 e. The molecule has 0 amide bonds. The van der Waals surface area contributed by atoms with Gasteiger partial charge in [-0.1, -0.05) is 120 Å². The molecule has 0 heterocycles. The zero-order valence-electron chi connectivity index (χ0n) is 32.1. The van der Waals surface area contributed by atoms with Crippen molar-refractivity contribution >= 4 is 90.7 Å². The Kier molecular flexibility index (Phi) is 11.1. The van der Waals surface area contributed by atoms with Crippen molar-refractivity contribution in [2.45, 2.75) is 13.8 Å². The third kappa shape index (κ3) is 8.02. The molecule has 0 aliphatic heterocycles. The van der Waals surface area contributed by atoms with E-state index >= 15 is 0 Å². The Morgan fingerprint density at radius 3 is 1.22 bits per heavy atom. The Hall–Kier alpha value is -7.40. The number of azo groups is 2. The number of aromatic hydroxyl groups is 2. The zero-order valence-corrected chi connectivity index (χ0v) is 33.6. The van der Waals surface area contributed by atoms with E-state index in [4.69, 9.17) is 23.2 Å². The van der Waals surface area contributed by atoms with Crippen LogP contribution in [-0.4, -0.2) is 32.2 Å². The van der Waals surface area contributed by atoms with Gasteiger partial charge in [0.25, 0.3) is 0 Å². The fourth-order valence-electron chi connectivity index (χ4n) is 6.65. The first-order chi connectivity index (χ1) is 29.0. The number of aliphatic imine (C=N–C) groups is 2. The van der Waals surface area contributed by atoms with Crippen molar-refractivity contribution in [3.8, 4) is 22.6 Å². The van der Waals surface area contributed by atoms with Crippen molar-refractivity contribution in [1.29, 1.82) is 0 Å². The zero-order chi connectivity index (χ0) is 41.9. The number of aliphatic hydroxyl groups is 2. The SMILES string of the molecule is Cc1ccccc1N=C(O)c1cc2ccccc2c(N=Nc2ccc(-c3ccc(N=Nc4c(O)c(C(O)=Nc5ccccc5C)cc5ccccc45)c(Cl)c3)cc2Cl)c1O. The standard InChI is InChI=1S/C48H34Cl2N6O4/c1-27-11-3-9-17-39(27)51-47(59)35-23-31-13-5-7-15-33(31)43(45(35)57)55-53-41-21-19-29(25-37(41)49)30-20-22-42(38(50)26-30)54-56-44-34-16-8-6-14-32(34)24-36(46(44)58)48(60)52-40-18-10-4-12-28(40)2/h3-26,57-58H,1-2H3,(H,51,59)(H,52,60). The van der Waals surface area contributed by atoms with Gasteiger partial charge in [0.1, 0.15) is 22.7 Å². The molecular weight excluding hydrogens is 795 g/mol. The molecule has 0 aromatic heterocycles. The fourth-order valence-corrected chi connectivity index (χ4v) is 7.08. The molecule has 0 saturated heterocycles. The third-order valence-electron chi connectivity index (χ3n) is 9.90. The van der Waals surface area contributed by atoms with Gasteiger partial charge in [-0.25, -0.2) is 9.98 Å². The van der Waals surface area contributed by atoms with Crippen LogP contribution in [0.15, 0.2) is 176 Å². The molecule has 0 atom stereocenters. The first kappa shape index (κ1) is 39.4. The second-order valence-electron chi connectivity index (χ2n) is 13.9. The van der Waals surface area contributed by atoms with E-state index in [1.165, 1.54) is 0 Å². The lowest BCUT2D eigenvalue weighted by molar-refractivity contribution is 0.469. The summed E-state index contributed by atoms with van der Waals surface area (Å²) in [5, 5.41) is 65.6. The Balaban J connectivity index is 1.07. The number of nitrogens with zero attached hydrogens (tertiary/aromatic N) is 6. The molecule has 12 heteroatoms. The molecule has 4 N–H and O–H groups in total. The van der Waals surface area contributed by atoms with Crippen LogP contribution in [0.4, 0.5) is 34.1 Å². The molecule has 8 aromatic carbocycles. The van der Waals surface area contributed by atoms with Gasteiger partial charge in [-0.15, -0.1) is 20.5 Å². The average Bonchev–Trinajstić information content (AvgIpc) is 3.25. The Labute approximate surface area is 354 Å². The molecule has 8 rings (SSSR count). The molecule has 0 saturated carbocycles. The maximum atomic E-state index is 11.4. The maximum Gasteiger partial charge on any atom is 0.222 e. The monoisotopic (exact) mass is 828 g/mol. The van der Waals surface area contributed by atoms with E-state index in [1.807, 2.05) is 98.8 Å². The van der Waals surface area contributed by atoms with Gasteiger partial charge < -0.3 is 20.4 Å². The molecule has 0 bridgehead atoms. The maximum absolute atomic E-state index is 11.4. The van der Waals surface area contributed by atoms with Gasteiger partial charge in [0.05, 0.1) is 32.5 Å². The predicted molar refractivity (Wildman–Crippen MR) is 241 cm³/mol. The van der Waals surface area contributed by atoms with Crippen molar-refractivity contribution in [2.75, 3.05) is 0 Å². The molecular formula is C48H34Cl2N6O4. The molecule has 0 unspecified atom stereocenters. The topological polar surface area (TPSA) is 155 Å². The fraction of sp³-hybridized carbons (Fsp3) is 0.0417. The number of hydrogen-bond donors (Lipinski definition) is 4. The molecule has 0 spiro atoms. The van der Waals surface area contributed by atoms with Crippen molar-refractivity contribution in [3.63, 3.8) is 0 Å². The number of aliphatic hydroxyl groups excluding tert-OH is 2. The summed E-state index contributed by atoms with van der Waals surface area (Å²) >= 11 is 13.5. The van der Waals surface area contributed by atoms with Crippen LogP contribution in [0.1, 0.15) is 22.3 Å². The van der Waals surface area contributed by atoms with Gasteiger partial charge in [0.2, 0.25) is 11.8 Å². The molecule has 294 valence electrons. The van der Waals surface area contributed by atoms with Crippen molar-refractivity contribution < 1.29 is 20.4 Å². The molecule has 10 nitrogen and oxygen atoms in total. The summed E-state index contributed by atoms with van der Waals surface area (Å²) in [6.07, 6.45) is 0. The Bertz CT molecular complexity index is 2900. The minimum atomic E-state index is -0.363. The number of phenolic OH excluding ortho intramolecular Hbond substituents is 2. The van der Waals surface area contributed by atoms with Gasteiger partial charge in [-0.05, 0) is 95.4 Å². The van der Waals surface area contributed by atoms with E-state index in [0.29, 0.717) is 44.3 Å². The van der Waals surface area contributed by atoms with Crippen LogP contribution in [-0.2, 0) is 0 Å². The summed E-state index contributed by atoms with van der Waals surface area (Å²) in [7, 11) is 0. The molecule has 0 fully saturated rings. The summed E-state index contributed by atoms with van der Waals surface area (Å²) in [5.41, 5.74) is 5.50. The van der Waals surface area contributed by atoms with Gasteiger partial charge in [-0.3, -0.25) is 0 Å². The van der Waals surface area contributed by atoms with Gasteiger partial charge in [0.15, 0.2) is 11.5 Å². The minimum absolute atomic E-state index is 0.105. The first-order valence-electron chi connectivity index (χ1n) is 18.7. The third-order valence-corrected chi connectivity index (χ3v) is 10.5. The number of hydrogen-bond acceptors (Lipinski definition) is 8. The number of rotatable bonds is 9. The normalized spacial score (nSPS) is 12.3. The van der Waals surface area contributed by atoms with E-state index in [-0.39, 0.29) is 55.8 Å². The van der Waals surface area contributed by atoms with E-state index in [2.05, 4.69) is 30.4 Å². The molecule has 60 heavy (non-hydrogen) atoms. The van der Waals surface area contributed by atoms with E-state index < -0.39 is 0 Å². The summed E-state index contributed by atoms with van der Waals surface area (Å²) in [5.74, 6) is -1.29. The van der Waals surface area contributed by atoms with Crippen molar-refractivity contribution in [3.05, 3.63) is 178 Å². The highest BCUT2D eigenvalue weighted by molar-refractivity contribution is 6.34. The highest BCUT2D eigenvalue weighted by Crippen LogP contribution is 2.43. The number of fused-ring (bicyclic) bond motifs is 2. The van der Waals surface area contributed by atoms with Gasteiger partial charge in [0, 0.05) is 10.8 Å². The van der Waals surface area contributed by atoms with Gasteiger partial charge in [-0.2, -0.15) is 0 Å². The summed E-state index contributed by atoms with van der Waals surface area (Å²) in [4.78, 5) is 8.71.